The lowest BCUT2D eigenvalue weighted by Gasteiger charge is -2.35. The molecule has 0 bridgehead atoms. The Balaban J connectivity index is 1.76. The lowest BCUT2D eigenvalue weighted by atomic mass is 10.1. The summed E-state index contributed by atoms with van der Waals surface area (Å²) in [5.41, 5.74) is 3.19. The van der Waals surface area contributed by atoms with Crippen LogP contribution in [0.15, 0.2) is 35.4 Å². The van der Waals surface area contributed by atoms with Gasteiger partial charge in [-0.15, -0.1) is 0 Å². The summed E-state index contributed by atoms with van der Waals surface area (Å²) >= 11 is 0. The molecule has 2 aromatic rings. The molecule has 6 nitrogen and oxygen atoms in total. The highest BCUT2D eigenvalue weighted by Gasteiger charge is 2.16. The van der Waals surface area contributed by atoms with Crippen molar-refractivity contribution < 1.29 is 0 Å². The molecule has 0 unspecified atom stereocenters. The van der Waals surface area contributed by atoms with Gasteiger partial charge in [0.2, 0.25) is 0 Å². The fourth-order valence-electron chi connectivity index (χ4n) is 3.22. The van der Waals surface area contributed by atoms with E-state index in [1.165, 1.54) is 5.69 Å². The van der Waals surface area contributed by atoms with Gasteiger partial charge >= 0.3 is 0 Å². The summed E-state index contributed by atoms with van der Waals surface area (Å²) in [6.45, 7) is 12.3. The van der Waals surface area contributed by atoms with Crippen LogP contribution in [0.5, 0.6) is 0 Å². The molecule has 1 aliphatic rings. The van der Waals surface area contributed by atoms with Gasteiger partial charge in [-0.05, 0) is 44.2 Å². The van der Waals surface area contributed by atoms with E-state index in [1.807, 2.05) is 13.0 Å². The van der Waals surface area contributed by atoms with Crippen LogP contribution in [0.3, 0.4) is 0 Å². The van der Waals surface area contributed by atoms with Gasteiger partial charge < -0.3 is 19.7 Å². The number of nitrogens with zero attached hydrogens (tertiary/aromatic N) is 4. The Morgan fingerprint density at radius 1 is 1.12 bits per heavy atom. The molecule has 0 spiro atoms. The number of anilines is 3. The van der Waals surface area contributed by atoms with Crippen molar-refractivity contribution in [1.82, 2.24) is 14.5 Å². The number of hydrogen-bond acceptors (Lipinski definition) is 5. The van der Waals surface area contributed by atoms with Crippen molar-refractivity contribution in [3.05, 3.63) is 46.5 Å². The molecule has 134 valence electrons. The first-order valence-corrected chi connectivity index (χ1v) is 9.02. The van der Waals surface area contributed by atoms with Gasteiger partial charge in [-0.1, -0.05) is 6.92 Å². The van der Waals surface area contributed by atoms with Crippen LogP contribution < -0.4 is 15.8 Å². The highest BCUT2D eigenvalue weighted by molar-refractivity contribution is 5.65. The van der Waals surface area contributed by atoms with E-state index in [2.05, 4.69) is 46.1 Å². The zero-order valence-electron chi connectivity index (χ0n) is 15.3. The minimum atomic E-state index is -0.0934. The van der Waals surface area contributed by atoms with Gasteiger partial charge in [0, 0.05) is 56.5 Å². The van der Waals surface area contributed by atoms with E-state index in [-0.39, 0.29) is 5.56 Å². The number of likely N-dealkylation sites (N-methyl/N-ethyl adjacent to an activating group) is 1. The molecular weight excluding hydrogens is 314 g/mol. The summed E-state index contributed by atoms with van der Waals surface area (Å²) < 4.78 is 1.65. The second-order valence-electron chi connectivity index (χ2n) is 6.41. The zero-order chi connectivity index (χ0) is 17.8. The molecule has 1 aliphatic heterocycles. The Kier molecular flexibility index (Phi) is 5.38. The van der Waals surface area contributed by atoms with E-state index in [0.717, 1.165) is 44.0 Å². The van der Waals surface area contributed by atoms with Crippen molar-refractivity contribution in [3.8, 4) is 0 Å². The number of rotatable bonds is 5. The van der Waals surface area contributed by atoms with Gasteiger partial charge in [0.25, 0.3) is 5.56 Å². The quantitative estimate of drug-likeness (QED) is 0.905. The molecule has 1 aromatic carbocycles. The first-order chi connectivity index (χ1) is 12.1. The Morgan fingerprint density at radius 3 is 2.52 bits per heavy atom. The fraction of sp³-hybridized carbons (Fsp3) is 0.474. The number of hydrogen-bond donors (Lipinski definition) is 1. The van der Waals surface area contributed by atoms with Crippen LogP contribution in [0, 0.1) is 6.92 Å². The number of aromatic nitrogens is 2. The van der Waals surface area contributed by atoms with Crippen LogP contribution in [0.25, 0.3) is 0 Å². The Morgan fingerprint density at radius 2 is 1.88 bits per heavy atom. The van der Waals surface area contributed by atoms with Gasteiger partial charge in [0.05, 0.1) is 0 Å². The van der Waals surface area contributed by atoms with Crippen LogP contribution >= 0.6 is 0 Å². The fourth-order valence-corrected chi connectivity index (χ4v) is 3.22. The molecule has 3 rings (SSSR count). The predicted molar refractivity (Wildman–Crippen MR) is 103 cm³/mol. The number of benzene rings is 1. The summed E-state index contributed by atoms with van der Waals surface area (Å²) in [4.78, 5) is 21.4. The molecule has 1 saturated heterocycles. The second kappa shape index (κ2) is 7.70. The summed E-state index contributed by atoms with van der Waals surface area (Å²) in [5.74, 6) is 0.372. The Hall–Kier alpha value is -2.34. The van der Waals surface area contributed by atoms with E-state index < -0.39 is 0 Å². The number of piperazine rings is 1. The predicted octanol–water partition coefficient (Wildman–Crippen LogP) is 2.46. The standard InChI is InChI=1S/C19H27N5O/c1-4-22-10-12-24(13-11-22)16-6-7-17(15(3)14-16)21-18-19(25)23(5-2)9-8-20-18/h6-9,14H,4-5,10-13H2,1-3H3,(H,20,21). The third-order valence-electron chi connectivity index (χ3n) is 4.90. The third kappa shape index (κ3) is 3.85. The van der Waals surface area contributed by atoms with Gasteiger partial charge in [0.1, 0.15) is 0 Å². The van der Waals surface area contributed by atoms with Crippen LogP contribution in [0.4, 0.5) is 17.2 Å². The SMILES string of the molecule is CCN1CCN(c2ccc(Nc3nccn(CC)c3=O)c(C)c2)CC1. The van der Waals surface area contributed by atoms with Gasteiger partial charge in [-0.25, -0.2) is 4.98 Å². The molecule has 6 heteroatoms. The Labute approximate surface area is 149 Å². The first kappa shape index (κ1) is 17.5. The molecule has 0 amide bonds. The highest BCUT2D eigenvalue weighted by atomic mass is 16.1. The van der Waals surface area contributed by atoms with Crippen molar-refractivity contribution in [3.63, 3.8) is 0 Å². The van der Waals surface area contributed by atoms with E-state index in [1.54, 1.807) is 17.0 Å². The molecule has 0 atom stereocenters. The van der Waals surface area contributed by atoms with E-state index in [4.69, 9.17) is 0 Å². The lowest BCUT2D eigenvalue weighted by molar-refractivity contribution is 0.271. The average Bonchev–Trinajstić information content (AvgIpc) is 2.65. The molecule has 1 aromatic heterocycles. The van der Waals surface area contributed by atoms with E-state index in [9.17, 15) is 4.79 Å². The summed E-state index contributed by atoms with van der Waals surface area (Å²) in [7, 11) is 0. The normalized spacial score (nSPS) is 15.4. The minimum absolute atomic E-state index is 0.0934. The van der Waals surface area contributed by atoms with Crippen LogP contribution in [-0.4, -0.2) is 47.2 Å². The van der Waals surface area contributed by atoms with Crippen molar-refractivity contribution in [2.75, 3.05) is 42.9 Å². The molecule has 0 aliphatic carbocycles. The molecule has 0 radical (unpaired) electrons. The topological polar surface area (TPSA) is 53.4 Å². The summed E-state index contributed by atoms with van der Waals surface area (Å²) in [6.07, 6.45) is 3.36. The molecular formula is C19H27N5O. The molecule has 1 fully saturated rings. The maximum absolute atomic E-state index is 12.3. The molecule has 25 heavy (non-hydrogen) atoms. The average molecular weight is 341 g/mol. The van der Waals surface area contributed by atoms with Gasteiger partial charge in [0.15, 0.2) is 5.82 Å². The third-order valence-corrected chi connectivity index (χ3v) is 4.90. The molecule has 1 N–H and O–H groups in total. The summed E-state index contributed by atoms with van der Waals surface area (Å²) in [5, 5.41) is 3.19. The maximum atomic E-state index is 12.3. The monoisotopic (exact) mass is 341 g/mol. The van der Waals surface area contributed by atoms with Crippen LogP contribution in [0.2, 0.25) is 0 Å². The van der Waals surface area contributed by atoms with Crippen molar-refractivity contribution >= 4 is 17.2 Å². The number of nitrogens with one attached hydrogen (secondary N) is 1. The smallest absolute Gasteiger partial charge is 0.293 e. The van der Waals surface area contributed by atoms with Crippen molar-refractivity contribution in [2.24, 2.45) is 0 Å². The molecule has 0 saturated carbocycles. The van der Waals surface area contributed by atoms with Crippen molar-refractivity contribution in [1.29, 1.82) is 0 Å². The zero-order valence-corrected chi connectivity index (χ0v) is 15.3. The van der Waals surface area contributed by atoms with E-state index in [0.29, 0.717) is 12.4 Å². The second-order valence-corrected chi connectivity index (χ2v) is 6.41. The van der Waals surface area contributed by atoms with Crippen molar-refractivity contribution in [2.45, 2.75) is 27.3 Å². The first-order valence-electron chi connectivity index (χ1n) is 9.02. The lowest BCUT2D eigenvalue weighted by Crippen LogP contribution is -2.46. The Bertz CT molecular complexity index is 778. The van der Waals surface area contributed by atoms with Gasteiger partial charge in [-0.2, -0.15) is 0 Å². The molecule has 2 heterocycles. The highest BCUT2D eigenvalue weighted by Crippen LogP contribution is 2.25. The number of aryl methyl sites for hydroxylation is 2. The van der Waals surface area contributed by atoms with E-state index >= 15 is 0 Å². The largest absolute Gasteiger partial charge is 0.369 e. The van der Waals surface area contributed by atoms with Crippen LogP contribution in [-0.2, 0) is 6.54 Å². The maximum Gasteiger partial charge on any atom is 0.293 e. The minimum Gasteiger partial charge on any atom is -0.369 e. The summed E-state index contributed by atoms with van der Waals surface area (Å²) in [6, 6.07) is 6.35. The van der Waals surface area contributed by atoms with Crippen LogP contribution in [0.1, 0.15) is 19.4 Å². The van der Waals surface area contributed by atoms with Gasteiger partial charge in [-0.3, -0.25) is 4.79 Å².